The van der Waals surface area contributed by atoms with Crippen molar-refractivity contribution in [2.75, 3.05) is 25.5 Å². The zero-order valence-electron chi connectivity index (χ0n) is 14.1. The lowest BCUT2D eigenvalue weighted by Crippen LogP contribution is -2.35. The molecule has 0 bridgehead atoms. The lowest BCUT2D eigenvalue weighted by Gasteiger charge is -2.26. The summed E-state index contributed by atoms with van der Waals surface area (Å²) in [4.78, 5) is 34.2. The summed E-state index contributed by atoms with van der Waals surface area (Å²) in [5.74, 6) is -0.0804. The number of anilines is 2. The van der Waals surface area contributed by atoms with E-state index in [2.05, 4.69) is 15.3 Å². The molecule has 7 heteroatoms. The van der Waals surface area contributed by atoms with Crippen LogP contribution in [-0.2, 0) is 4.74 Å². The van der Waals surface area contributed by atoms with Crippen molar-refractivity contribution in [3.05, 3.63) is 47.8 Å². The second-order valence-electron chi connectivity index (χ2n) is 5.85. The lowest BCUT2D eigenvalue weighted by atomic mass is 10.1. The van der Waals surface area contributed by atoms with Crippen LogP contribution in [0.5, 0.6) is 0 Å². The third-order valence-corrected chi connectivity index (χ3v) is 4.08. The number of aromatic nitrogens is 2. The van der Waals surface area contributed by atoms with Crippen molar-refractivity contribution >= 4 is 23.5 Å². The Labute approximate surface area is 146 Å². The number of amides is 1. The molecule has 25 heavy (non-hydrogen) atoms. The molecule has 0 radical (unpaired) electrons. The highest BCUT2D eigenvalue weighted by Crippen LogP contribution is 2.16. The predicted octanol–water partition coefficient (Wildman–Crippen LogP) is 2.63. The maximum Gasteiger partial charge on any atom is 0.337 e. The summed E-state index contributed by atoms with van der Waals surface area (Å²) < 4.78 is 4.70. The normalized spacial score (nSPS) is 14.0. The molecular formula is C18H20N4O3. The van der Waals surface area contributed by atoms with Gasteiger partial charge in [-0.15, -0.1) is 0 Å². The summed E-state index contributed by atoms with van der Waals surface area (Å²) in [7, 11) is 1.34. The van der Waals surface area contributed by atoms with Gasteiger partial charge in [-0.25, -0.2) is 14.8 Å². The zero-order chi connectivity index (χ0) is 17.6. The molecule has 1 aromatic carbocycles. The average molecular weight is 340 g/mol. The number of carbonyl (C=O) groups is 2. The Morgan fingerprint density at radius 1 is 1.08 bits per heavy atom. The zero-order valence-corrected chi connectivity index (χ0v) is 14.1. The fraction of sp³-hybridized carbons (Fsp3) is 0.333. The Hall–Kier alpha value is -2.96. The van der Waals surface area contributed by atoms with Gasteiger partial charge >= 0.3 is 5.97 Å². The Kier molecular flexibility index (Phi) is 5.23. The molecule has 0 spiro atoms. The van der Waals surface area contributed by atoms with Gasteiger partial charge in [-0.05, 0) is 37.5 Å². The first-order valence-corrected chi connectivity index (χ1v) is 8.24. The molecule has 1 aromatic heterocycles. The number of nitrogens with zero attached hydrogens (tertiary/aromatic N) is 3. The minimum Gasteiger partial charge on any atom is -0.465 e. The van der Waals surface area contributed by atoms with E-state index in [1.54, 1.807) is 24.3 Å². The van der Waals surface area contributed by atoms with Crippen LogP contribution in [-0.4, -0.2) is 46.9 Å². The monoisotopic (exact) mass is 340 g/mol. The molecule has 0 saturated carbocycles. The van der Waals surface area contributed by atoms with Gasteiger partial charge < -0.3 is 15.0 Å². The van der Waals surface area contributed by atoms with Crippen molar-refractivity contribution in [2.45, 2.75) is 19.3 Å². The molecule has 1 amide bonds. The Bertz CT molecular complexity index is 755. The summed E-state index contributed by atoms with van der Waals surface area (Å²) in [5.41, 5.74) is 1.58. The molecule has 3 rings (SSSR count). The van der Waals surface area contributed by atoms with Gasteiger partial charge in [-0.3, -0.25) is 4.79 Å². The molecule has 1 aliphatic rings. The number of methoxy groups -OCH3 is 1. The molecule has 2 heterocycles. The van der Waals surface area contributed by atoms with Gasteiger partial charge in [0.05, 0.1) is 18.2 Å². The first kappa shape index (κ1) is 16.9. The molecule has 0 unspecified atom stereocenters. The third-order valence-electron chi connectivity index (χ3n) is 4.08. The molecule has 1 fully saturated rings. The summed E-state index contributed by atoms with van der Waals surface area (Å²) in [5, 5.41) is 3.01. The Morgan fingerprint density at radius 2 is 1.80 bits per heavy atom. The first-order chi connectivity index (χ1) is 12.2. The SMILES string of the molecule is COC(=O)c1cccc(Nc2ncc(C(=O)N3CCCCC3)cn2)c1. The second-order valence-corrected chi connectivity index (χ2v) is 5.85. The standard InChI is InChI=1S/C18H20N4O3/c1-25-17(24)13-6-5-7-15(10-13)21-18-19-11-14(12-20-18)16(23)22-8-3-2-4-9-22/h5-7,10-12H,2-4,8-9H2,1H3,(H,19,20,21). The Balaban J connectivity index is 1.68. The van der Waals surface area contributed by atoms with Crippen LogP contribution < -0.4 is 5.32 Å². The van der Waals surface area contributed by atoms with E-state index in [-0.39, 0.29) is 5.91 Å². The van der Waals surface area contributed by atoms with Crippen LogP contribution in [0.2, 0.25) is 0 Å². The maximum absolute atomic E-state index is 12.4. The van der Waals surface area contributed by atoms with E-state index in [0.717, 1.165) is 25.9 Å². The number of hydrogen-bond donors (Lipinski definition) is 1. The van der Waals surface area contributed by atoms with Crippen molar-refractivity contribution < 1.29 is 14.3 Å². The highest BCUT2D eigenvalue weighted by Gasteiger charge is 2.18. The van der Waals surface area contributed by atoms with E-state index in [0.29, 0.717) is 22.8 Å². The van der Waals surface area contributed by atoms with Crippen molar-refractivity contribution in [3.8, 4) is 0 Å². The second kappa shape index (κ2) is 7.74. The van der Waals surface area contributed by atoms with Gasteiger partial charge in [0, 0.05) is 31.2 Å². The van der Waals surface area contributed by atoms with Crippen LogP contribution in [0.15, 0.2) is 36.7 Å². The highest BCUT2D eigenvalue weighted by atomic mass is 16.5. The van der Waals surface area contributed by atoms with E-state index >= 15 is 0 Å². The number of likely N-dealkylation sites (tertiary alicyclic amines) is 1. The summed E-state index contributed by atoms with van der Waals surface area (Å²) in [6, 6.07) is 6.85. The smallest absolute Gasteiger partial charge is 0.337 e. The fourth-order valence-corrected chi connectivity index (χ4v) is 2.75. The molecule has 1 N–H and O–H groups in total. The largest absolute Gasteiger partial charge is 0.465 e. The van der Waals surface area contributed by atoms with Gasteiger partial charge in [0.15, 0.2) is 0 Å². The van der Waals surface area contributed by atoms with E-state index < -0.39 is 5.97 Å². The lowest BCUT2D eigenvalue weighted by molar-refractivity contribution is 0.0600. The minimum atomic E-state index is -0.410. The quantitative estimate of drug-likeness (QED) is 0.861. The van der Waals surface area contributed by atoms with Crippen LogP contribution in [0.4, 0.5) is 11.6 Å². The number of esters is 1. The van der Waals surface area contributed by atoms with Crippen LogP contribution in [0, 0.1) is 0 Å². The van der Waals surface area contributed by atoms with Crippen molar-refractivity contribution in [2.24, 2.45) is 0 Å². The first-order valence-electron chi connectivity index (χ1n) is 8.24. The summed E-state index contributed by atoms with van der Waals surface area (Å²) >= 11 is 0. The van der Waals surface area contributed by atoms with Gasteiger partial charge in [-0.2, -0.15) is 0 Å². The van der Waals surface area contributed by atoms with E-state index in [4.69, 9.17) is 4.74 Å². The van der Waals surface area contributed by atoms with Crippen LogP contribution in [0.1, 0.15) is 40.0 Å². The minimum absolute atomic E-state index is 0.0288. The molecule has 7 nitrogen and oxygen atoms in total. The molecule has 1 saturated heterocycles. The number of nitrogens with one attached hydrogen (secondary N) is 1. The van der Waals surface area contributed by atoms with Crippen LogP contribution in [0.3, 0.4) is 0 Å². The number of rotatable bonds is 4. The van der Waals surface area contributed by atoms with Crippen LogP contribution in [0.25, 0.3) is 0 Å². The number of hydrogen-bond acceptors (Lipinski definition) is 6. The van der Waals surface area contributed by atoms with Gasteiger partial charge in [0.1, 0.15) is 0 Å². The topological polar surface area (TPSA) is 84.4 Å². The predicted molar refractivity (Wildman–Crippen MR) is 92.9 cm³/mol. The Morgan fingerprint density at radius 3 is 2.48 bits per heavy atom. The molecule has 1 aliphatic heterocycles. The molecule has 130 valence electrons. The van der Waals surface area contributed by atoms with Gasteiger partial charge in [0.25, 0.3) is 5.91 Å². The van der Waals surface area contributed by atoms with E-state index in [1.807, 2.05) is 4.90 Å². The summed E-state index contributed by atoms with van der Waals surface area (Å²) in [6.07, 6.45) is 6.31. The average Bonchev–Trinajstić information content (AvgIpc) is 2.68. The maximum atomic E-state index is 12.4. The third kappa shape index (κ3) is 4.12. The van der Waals surface area contributed by atoms with E-state index in [1.165, 1.54) is 25.9 Å². The summed E-state index contributed by atoms with van der Waals surface area (Å²) in [6.45, 7) is 1.58. The van der Waals surface area contributed by atoms with Crippen molar-refractivity contribution in [3.63, 3.8) is 0 Å². The van der Waals surface area contributed by atoms with E-state index in [9.17, 15) is 9.59 Å². The molecule has 0 aliphatic carbocycles. The number of carbonyl (C=O) groups excluding carboxylic acids is 2. The molecule has 0 atom stereocenters. The number of ether oxygens (including phenoxy) is 1. The highest BCUT2D eigenvalue weighted by molar-refractivity contribution is 5.94. The van der Waals surface area contributed by atoms with Crippen LogP contribution >= 0.6 is 0 Å². The van der Waals surface area contributed by atoms with Gasteiger partial charge in [-0.1, -0.05) is 6.07 Å². The van der Waals surface area contributed by atoms with Crippen molar-refractivity contribution in [1.29, 1.82) is 0 Å². The fourth-order valence-electron chi connectivity index (χ4n) is 2.75. The number of piperidine rings is 1. The molecule has 2 aromatic rings. The van der Waals surface area contributed by atoms with Crippen molar-refractivity contribution in [1.82, 2.24) is 14.9 Å². The number of benzene rings is 1. The molecular weight excluding hydrogens is 320 g/mol. The van der Waals surface area contributed by atoms with Gasteiger partial charge in [0.2, 0.25) is 5.95 Å².